The second-order valence-electron chi connectivity index (χ2n) is 5.37. The lowest BCUT2D eigenvalue weighted by atomic mass is 10.2. The van der Waals surface area contributed by atoms with Crippen LogP contribution in [0.4, 0.5) is 0 Å². The lowest BCUT2D eigenvalue weighted by molar-refractivity contribution is -0.122. The molecule has 0 aliphatic rings. The van der Waals surface area contributed by atoms with Gasteiger partial charge in [-0.1, -0.05) is 18.2 Å². The molecule has 0 aliphatic carbocycles. The summed E-state index contributed by atoms with van der Waals surface area (Å²) in [5, 5.41) is 8.40. The minimum absolute atomic E-state index is 0.119. The van der Waals surface area contributed by atoms with Crippen LogP contribution in [-0.2, 0) is 11.3 Å². The van der Waals surface area contributed by atoms with Crippen molar-refractivity contribution in [2.45, 2.75) is 38.9 Å². The Kier molecular flexibility index (Phi) is 4.70. The van der Waals surface area contributed by atoms with E-state index in [1.54, 1.807) is 19.2 Å². The van der Waals surface area contributed by atoms with Crippen LogP contribution in [0.5, 0.6) is 0 Å². The molecule has 2 unspecified atom stereocenters. The predicted octanol–water partition coefficient (Wildman–Crippen LogP) is 0.638. The van der Waals surface area contributed by atoms with Crippen LogP contribution in [0.2, 0.25) is 0 Å². The molecule has 0 saturated carbocycles. The highest BCUT2D eigenvalue weighted by molar-refractivity contribution is 5.80. The highest BCUT2D eigenvalue weighted by atomic mass is 16.2. The maximum absolute atomic E-state index is 12.3. The fourth-order valence-electron chi connectivity index (χ4n) is 2.19. The Labute approximate surface area is 122 Å². The lowest BCUT2D eigenvalue weighted by Crippen LogP contribution is -2.40. The molecule has 2 rings (SSSR count). The molecule has 0 saturated heterocycles. The number of nitrogens with one attached hydrogen (secondary N) is 1. The van der Waals surface area contributed by atoms with Gasteiger partial charge in [-0.2, -0.15) is 5.10 Å². The van der Waals surface area contributed by atoms with Crippen LogP contribution in [0.3, 0.4) is 0 Å². The van der Waals surface area contributed by atoms with E-state index < -0.39 is 0 Å². The van der Waals surface area contributed by atoms with E-state index in [1.165, 1.54) is 4.68 Å². The minimum atomic E-state index is -0.192. The first kappa shape index (κ1) is 15.2. The van der Waals surface area contributed by atoms with E-state index in [1.807, 2.05) is 25.1 Å². The summed E-state index contributed by atoms with van der Waals surface area (Å²) < 4.78 is 1.37. The van der Waals surface area contributed by atoms with Gasteiger partial charge in [0.05, 0.1) is 18.1 Å². The van der Waals surface area contributed by atoms with Gasteiger partial charge in [0.2, 0.25) is 5.91 Å². The van der Waals surface area contributed by atoms with E-state index in [0.717, 1.165) is 5.39 Å². The van der Waals surface area contributed by atoms with Crippen molar-refractivity contribution in [3.63, 3.8) is 0 Å². The molecule has 0 fully saturated rings. The number of carbonyl (C=O) groups is 1. The van der Waals surface area contributed by atoms with E-state index in [0.29, 0.717) is 11.9 Å². The summed E-state index contributed by atoms with van der Waals surface area (Å²) >= 11 is 0. The Morgan fingerprint density at radius 3 is 2.81 bits per heavy atom. The Morgan fingerprint density at radius 2 is 2.10 bits per heavy atom. The molecule has 6 heteroatoms. The van der Waals surface area contributed by atoms with Gasteiger partial charge < -0.3 is 11.1 Å². The number of benzene rings is 1. The third-order valence-electron chi connectivity index (χ3n) is 3.12. The van der Waals surface area contributed by atoms with Crippen LogP contribution in [0.1, 0.15) is 20.3 Å². The van der Waals surface area contributed by atoms with Gasteiger partial charge in [0, 0.05) is 23.9 Å². The molecule has 1 aromatic heterocycles. The zero-order valence-corrected chi connectivity index (χ0v) is 12.2. The van der Waals surface area contributed by atoms with Gasteiger partial charge in [-0.05, 0) is 19.9 Å². The first-order valence-electron chi connectivity index (χ1n) is 6.97. The molecule has 0 radical (unpaired) electrons. The molecule has 2 atom stereocenters. The molecular formula is C15H20N4O2. The normalized spacial score (nSPS) is 13.9. The zero-order chi connectivity index (χ0) is 15.4. The van der Waals surface area contributed by atoms with Crippen molar-refractivity contribution in [2.75, 3.05) is 0 Å². The van der Waals surface area contributed by atoms with Gasteiger partial charge in [-0.15, -0.1) is 0 Å². The SMILES string of the molecule is CC(N)CC(=O)NC(C)Cn1ncc2ccccc2c1=O. The lowest BCUT2D eigenvalue weighted by Gasteiger charge is -2.15. The van der Waals surface area contributed by atoms with Crippen molar-refractivity contribution in [1.29, 1.82) is 0 Å². The van der Waals surface area contributed by atoms with Crippen LogP contribution < -0.4 is 16.6 Å². The van der Waals surface area contributed by atoms with E-state index >= 15 is 0 Å². The number of hydrogen-bond acceptors (Lipinski definition) is 4. The van der Waals surface area contributed by atoms with Crippen molar-refractivity contribution in [3.05, 3.63) is 40.8 Å². The average Bonchev–Trinajstić information content (AvgIpc) is 2.41. The van der Waals surface area contributed by atoms with Gasteiger partial charge >= 0.3 is 0 Å². The van der Waals surface area contributed by atoms with Crippen LogP contribution >= 0.6 is 0 Å². The smallest absolute Gasteiger partial charge is 0.274 e. The molecule has 3 N–H and O–H groups in total. The number of amides is 1. The van der Waals surface area contributed by atoms with Gasteiger partial charge in [0.25, 0.3) is 5.56 Å². The summed E-state index contributed by atoms with van der Waals surface area (Å²) in [5.41, 5.74) is 5.43. The largest absolute Gasteiger partial charge is 0.352 e. The Morgan fingerprint density at radius 1 is 1.38 bits per heavy atom. The minimum Gasteiger partial charge on any atom is -0.352 e. The van der Waals surface area contributed by atoms with Gasteiger partial charge in [0.15, 0.2) is 0 Å². The summed E-state index contributed by atoms with van der Waals surface area (Å²) in [6, 6.07) is 6.94. The summed E-state index contributed by atoms with van der Waals surface area (Å²) in [6.45, 7) is 3.94. The maximum atomic E-state index is 12.3. The molecular weight excluding hydrogens is 268 g/mol. The Hall–Kier alpha value is -2.21. The van der Waals surface area contributed by atoms with Crippen molar-refractivity contribution in [2.24, 2.45) is 5.73 Å². The van der Waals surface area contributed by atoms with Crippen LogP contribution in [0, 0.1) is 0 Å². The molecule has 6 nitrogen and oxygen atoms in total. The van der Waals surface area contributed by atoms with Crippen LogP contribution in [0.15, 0.2) is 35.3 Å². The quantitative estimate of drug-likeness (QED) is 0.844. The van der Waals surface area contributed by atoms with Gasteiger partial charge in [-0.25, -0.2) is 4.68 Å². The van der Waals surface area contributed by atoms with Crippen molar-refractivity contribution in [3.8, 4) is 0 Å². The number of rotatable bonds is 5. The predicted molar refractivity (Wildman–Crippen MR) is 81.9 cm³/mol. The molecule has 1 aromatic carbocycles. The summed E-state index contributed by atoms with van der Waals surface area (Å²) in [4.78, 5) is 23.9. The third kappa shape index (κ3) is 3.88. The fourth-order valence-corrected chi connectivity index (χ4v) is 2.19. The number of hydrogen-bond donors (Lipinski definition) is 2. The average molecular weight is 288 g/mol. The summed E-state index contributed by atoms with van der Waals surface area (Å²) in [6.07, 6.45) is 1.93. The van der Waals surface area contributed by atoms with E-state index in [4.69, 9.17) is 5.73 Å². The second-order valence-corrected chi connectivity index (χ2v) is 5.37. The first-order chi connectivity index (χ1) is 9.97. The zero-order valence-electron chi connectivity index (χ0n) is 12.2. The Balaban J connectivity index is 2.11. The van der Waals surface area contributed by atoms with Crippen molar-refractivity contribution < 1.29 is 4.79 Å². The summed E-state index contributed by atoms with van der Waals surface area (Å²) in [7, 11) is 0. The van der Waals surface area contributed by atoms with Crippen molar-refractivity contribution >= 4 is 16.7 Å². The molecule has 2 aromatic rings. The van der Waals surface area contributed by atoms with Gasteiger partial charge in [-0.3, -0.25) is 9.59 Å². The van der Waals surface area contributed by atoms with E-state index in [-0.39, 0.29) is 30.0 Å². The highest BCUT2D eigenvalue weighted by Gasteiger charge is 2.11. The number of nitrogens with two attached hydrogens (primary N) is 1. The van der Waals surface area contributed by atoms with E-state index in [9.17, 15) is 9.59 Å². The summed E-state index contributed by atoms with van der Waals surface area (Å²) in [5.74, 6) is -0.119. The van der Waals surface area contributed by atoms with E-state index in [2.05, 4.69) is 10.4 Å². The van der Waals surface area contributed by atoms with Crippen molar-refractivity contribution in [1.82, 2.24) is 15.1 Å². The monoisotopic (exact) mass is 288 g/mol. The van der Waals surface area contributed by atoms with Crippen LogP contribution in [0.25, 0.3) is 10.8 Å². The van der Waals surface area contributed by atoms with Gasteiger partial charge in [0.1, 0.15) is 0 Å². The standard InChI is InChI=1S/C15H20N4O2/c1-10(16)7-14(20)18-11(2)9-19-15(21)13-6-4-3-5-12(13)8-17-19/h3-6,8,10-11H,7,9,16H2,1-2H3,(H,18,20). The topological polar surface area (TPSA) is 90.0 Å². The molecule has 1 heterocycles. The number of carbonyl (C=O) groups excluding carboxylic acids is 1. The highest BCUT2D eigenvalue weighted by Crippen LogP contribution is 2.06. The second kappa shape index (κ2) is 6.49. The first-order valence-corrected chi connectivity index (χ1v) is 6.97. The molecule has 112 valence electrons. The third-order valence-corrected chi connectivity index (χ3v) is 3.12. The number of nitrogens with zero attached hydrogens (tertiary/aromatic N) is 2. The fraction of sp³-hybridized carbons (Fsp3) is 0.400. The molecule has 0 spiro atoms. The number of fused-ring (bicyclic) bond motifs is 1. The molecule has 0 bridgehead atoms. The maximum Gasteiger partial charge on any atom is 0.274 e. The Bertz CT molecular complexity index is 693. The molecule has 21 heavy (non-hydrogen) atoms. The number of aromatic nitrogens is 2. The molecule has 1 amide bonds. The van der Waals surface area contributed by atoms with Crippen LogP contribution in [-0.4, -0.2) is 27.8 Å². The molecule has 0 aliphatic heterocycles.